The molecule has 0 spiro atoms. The molecule has 1 saturated carbocycles. The third-order valence-corrected chi connectivity index (χ3v) is 4.13. The van der Waals surface area contributed by atoms with Crippen LogP contribution in [0.2, 0.25) is 0 Å². The van der Waals surface area contributed by atoms with Crippen LogP contribution in [-0.4, -0.2) is 16.5 Å². The topological polar surface area (TPSA) is 37.8 Å². The van der Waals surface area contributed by atoms with Crippen molar-refractivity contribution in [3.63, 3.8) is 0 Å². The molecule has 1 aromatic heterocycles. The van der Waals surface area contributed by atoms with Gasteiger partial charge in [-0.2, -0.15) is 0 Å². The first-order chi connectivity index (χ1) is 8.36. The first kappa shape index (κ1) is 13.8. The minimum atomic E-state index is 0.316. The molecule has 0 amide bonds. The van der Waals surface area contributed by atoms with Crippen molar-refractivity contribution in [2.75, 3.05) is 11.9 Å². The van der Waals surface area contributed by atoms with Crippen LogP contribution in [0.15, 0.2) is 10.7 Å². The van der Waals surface area contributed by atoms with Crippen LogP contribution in [-0.2, 0) is 0 Å². The second-order valence-electron chi connectivity index (χ2n) is 6.36. The summed E-state index contributed by atoms with van der Waals surface area (Å²) in [4.78, 5) is 9.03. The number of aromatic nitrogens is 2. The maximum Gasteiger partial charge on any atom is 0.135 e. The molecule has 0 radical (unpaired) electrons. The Bertz CT molecular complexity index is 422. The zero-order valence-electron chi connectivity index (χ0n) is 11.6. The molecule has 3 nitrogen and oxygen atoms in total. The number of halogens is 1. The molecule has 1 N–H and O–H groups in total. The average Bonchev–Trinajstić information content (AvgIpc) is 3.07. The van der Waals surface area contributed by atoms with Gasteiger partial charge in [-0.25, -0.2) is 9.97 Å². The largest absolute Gasteiger partial charge is 0.370 e. The van der Waals surface area contributed by atoms with Crippen molar-refractivity contribution in [1.82, 2.24) is 9.97 Å². The second kappa shape index (κ2) is 5.16. The molecule has 0 aromatic carbocycles. The van der Waals surface area contributed by atoms with Crippen molar-refractivity contribution < 1.29 is 0 Å². The predicted octanol–water partition coefficient (Wildman–Crippen LogP) is 4.21. The maximum absolute atomic E-state index is 4.60. The number of anilines is 1. The van der Waals surface area contributed by atoms with Gasteiger partial charge in [0.15, 0.2) is 0 Å². The molecule has 1 aliphatic rings. The summed E-state index contributed by atoms with van der Waals surface area (Å²) in [6.07, 6.45) is 2.46. The van der Waals surface area contributed by atoms with E-state index in [0.29, 0.717) is 17.3 Å². The molecular formula is C14H22BrN3. The van der Waals surface area contributed by atoms with Crippen LogP contribution in [0.1, 0.15) is 52.3 Å². The Balaban J connectivity index is 2.00. The molecule has 1 heterocycles. The summed E-state index contributed by atoms with van der Waals surface area (Å²) >= 11 is 3.46. The smallest absolute Gasteiger partial charge is 0.135 e. The minimum Gasteiger partial charge on any atom is -0.370 e. The molecule has 1 aliphatic carbocycles. The van der Waals surface area contributed by atoms with Crippen LogP contribution in [0, 0.1) is 11.3 Å². The molecule has 1 aromatic rings. The lowest BCUT2D eigenvalue weighted by atomic mass is 9.82. The van der Waals surface area contributed by atoms with Gasteiger partial charge in [-0.3, -0.25) is 0 Å². The summed E-state index contributed by atoms with van der Waals surface area (Å²) in [7, 11) is 0. The molecule has 1 unspecified atom stereocenters. The molecule has 100 valence electrons. The Hall–Kier alpha value is -0.640. The van der Waals surface area contributed by atoms with Crippen LogP contribution in [0.4, 0.5) is 5.82 Å². The van der Waals surface area contributed by atoms with E-state index in [2.05, 4.69) is 58.9 Å². The summed E-state index contributed by atoms with van der Waals surface area (Å²) in [5.41, 5.74) is 0.316. The maximum atomic E-state index is 4.60. The first-order valence-corrected chi connectivity index (χ1v) is 7.44. The lowest BCUT2D eigenvalue weighted by molar-refractivity contribution is 0.274. The van der Waals surface area contributed by atoms with Crippen LogP contribution in [0.3, 0.4) is 0 Å². The average molecular weight is 312 g/mol. The molecule has 0 aliphatic heterocycles. The fourth-order valence-corrected chi connectivity index (χ4v) is 2.01. The molecule has 0 saturated heterocycles. The summed E-state index contributed by atoms with van der Waals surface area (Å²) < 4.78 is 0.880. The van der Waals surface area contributed by atoms with Gasteiger partial charge >= 0.3 is 0 Å². The van der Waals surface area contributed by atoms with Crippen molar-refractivity contribution in [3.05, 3.63) is 16.5 Å². The highest BCUT2D eigenvalue weighted by Gasteiger charge is 2.27. The Morgan fingerprint density at radius 2 is 2.06 bits per heavy atom. The van der Waals surface area contributed by atoms with Crippen LogP contribution in [0.5, 0.6) is 0 Å². The Morgan fingerprint density at radius 1 is 1.39 bits per heavy atom. The van der Waals surface area contributed by atoms with E-state index >= 15 is 0 Å². The van der Waals surface area contributed by atoms with Crippen molar-refractivity contribution in [2.24, 2.45) is 11.3 Å². The van der Waals surface area contributed by atoms with E-state index in [9.17, 15) is 0 Å². The molecule has 1 fully saturated rings. The van der Waals surface area contributed by atoms with Crippen LogP contribution in [0.25, 0.3) is 0 Å². The lowest BCUT2D eigenvalue weighted by Crippen LogP contribution is -2.25. The van der Waals surface area contributed by atoms with E-state index in [1.54, 1.807) is 0 Å². The molecule has 0 bridgehead atoms. The number of rotatable bonds is 4. The van der Waals surface area contributed by atoms with E-state index < -0.39 is 0 Å². The number of nitrogens with one attached hydrogen (secondary N) is 1. The van der Waals surface area contributed by atoms with Gasteiger partial charge in [0.1, 0.15) is 16.2 Å². The second-order valence-corrected chi connectivity index (χ2v) is 7.17. The van der Waals surface area contributed by atoms with Crippen LogP contribution < -0.4 is 5.32 Å². The van der Waals surface area contributed by atoms with Gasteiger partial charge in [-0.1, -0.05) is 27.7 Å². The fourth-order valence-electron chi connectivity index (χ4n) is 1.61. The van der Waals surface area contributed by atoms with Crippen molar-refractivity contribution in [2.45, 2.75) is 46.5 Å². The summed E-state index contributed by atoms with van der Waals surface area (Å²) in [5, 5.41) is 3.43. The standard InChI is InChI=1S/C14H22BrN3/c1-9(14(2,3)4)8-16-12-7-11(15)17-13(18-12)10-5-6-10/h7,9-10H,5-6,8H2,1-4H3,(H,16,17,18). The fraction of sp³-hybridized carbons (Fsp3) is 0.714. The Labute approximate surface area is 118 Å². The molecule has 18 heavy (non-hydrogen) atoms. The zero-order valence-corrected chi connectivity index (χ0v) is 13.2. The van der Waals surface area contributed by atoms with Crippen molar-refractivity contribution in [1.29, 1.82) is 0 Å². The van der Waals surface area contributed by atoms with Gasteiger partial charge in [-0.15, -0.1) is 0 Å². The highest BCUT2D eigenvalue weighted by atomic mass is 79.9. The van der Waals surface area contributed by atoms with E-state index in [-0.39, 0.29) is 0 Å². The van der Waals surface area contributed by atoms with Gasteiger partial charge in [0.2, 0.25) is 0 Å². The monoisotopic (exact) mass is 311 g/mol. The number of hydrogen-bond donors (Lipinski definition) is 1. The third-order valence-electron chi connectivity index (χ3n) is 3.72. The quantitative estimate of drug-likeness (QED) is 0.846. The Kier molecular flexibility index (Phi) is 3.95. The van der Waals surface area contributed by atoms with E-state index in [1.807, 2.05) is 6.07 Å². The summed E-state index contributed by atoms with van der Waals surface area (Å²) in [6.45, 7) is 10.0. The summed E-state index contributed by atoms with van der Waals surface area (Å²) in [6, 6.07) is 1.96. The normalized spacial score (nSPS) is 17.6. The van der Waals surface area contributed by atoms with Crippen LogP contribution >= 0.6 is 15.9 Å². The summed E-state index contributed by atoms with van der Waals surface area (Å²) in [5.74, 6) is 3.10. The van der Waals surface area contributed by atoms with E-state index in [1.165, 1.54) is 12.8 Å². The van der Waals surface area contributed by atoms with Crippen molar-refractivity contribution in [3.8, 4) is 0 Å². The minimum absolute atomic E-state index is 0.316. The third kappa shape index (κ3) is 3.67. The van der Waals surface area contributed by atoms with Gasteiger partial charge in [0.05, 0.1) is 0 Å². The molecule has 2 rings (SSSR count). The molecule has 1 atom stereocenters. The number of hydrogen-bond acceptors (Lipinski definition) is 3. The van der Waals surface area contributed by atoms with Gasteiger partial charge in [-0.05, 0) is 40.1 Å². The SMILES string of the molecule is CC(CNc1cc(Br)nc(C2CC2)n1)C(C)(C)C. The van der Waals surface area contributed by atoms with Gasteiger partial charge in [0, 0.05) is 18.5 Å². The highest BCUT2D eigenvalue weighted by Crippen LogP contribution is 2.38. The number of nitrogens with zero attached hydrogens (tertiary/aromatic N) is 2. The predicted molar refractivity (Wildman–Crippen MR) is 78.8 cm³/mol. The molecular weight excluding hydrogens is 290 g/mol. The highest BCUT2D eigenvalue weighted by molar-refractivity contribution is 9.10. The Morgan fingerprint density at radius 3 is 2.61 bits per heavy atom. The zero-order chi connectivity index (χ0) is 13.3. The van der Waals surface area contributed by atoms with E-state index in [0.717, 1.165) is 22.8 Å². The lowest BCUT2D eigenvalue weighted by Gasteiger charge is -2.27. The van der Waals surface area contributed by atoms with Gasteiger partial charge in [0.25, 0.3) is 0 Å². The van der Waals surface area contributed by atoms with Gasteiger partial charge < -0.3 is 5.32 Å². The van der Waals surface area contributed by atoms with Crippen molar-refractivity contribution >= 4 is 21.7 Å². The molecule has 4 heteroatoms. The van der Waals surface area contributed by atoms with E-state index in [4.69, 9.17) is 0 Å². The first-order valence-electron chi connectivity index (χ1n) is 6.64.